The highest BCUT2D eigenvalue weighted by Gasteiger charge is 2.19. The molecular formula is C14H23NO. The molecule has 0 fully saturated rings. The van der Waals surface area contributed by atoms with Crippen LogP contribution in [-0.4, -0.2) is 13.7 Å². The molecule has 2 N–H and O–H groups in total. The minimum Gasteiger partial charge on any atom is -0.496 e. The predicted octanol–water partition coefficient (Wildman–Crippen LogP) is 2.80. The Kier molecular flexibility index (Phi) is 3.98. The normalized spacial score (nSPS) is 11.6. The quantitative estimate of drug-likeness (QED) is 0.852. The van der Waals surface area contributed by atoms with E-state index >= 15 is 0 Å². The molecule has 0 amide bonds. The van der Waals surface area contributed by atoms with Crippen molar-refractivity contribution < 1.29 is 4.74 Å². The lowest BCUT2D eigenvalue weighted by Gasteiger charge is -2.24. The third kappa shape index (κ3) is 2.76. The molecule has 0 aliphatic heterocycles. The van der Waals surface area contributed by atoms with Gasteiger partial charge in [-0.2, -0.15) is 0 Å². The third-order valence-corrected chi connectivity index (χ3v) is 2.88. The Balaban J connectivity index is 3.27. The zero-order valence-electron chi connectivity index (χ0n) is 11.1. The van der Waals surface area contributed by atoms with Gasteiger partial charge in [-0.15, -0.1) is 0 Å². The predicted molar refractivity (Wildman–Crippen MR) is 69.2 cm³/mol. The van der Waals surface area contributed by atoms with Crippen LogP contribution in [0, 0.1) is 6.92 Å². The molecule has 0 aromatic heterocycles. The van der Waals surface area contributed by atoms with Crippen LogP contribution in [0.15, 0.2) is 12.1 Å². The molecule has 1 aromatic carbocycles. The van der Waals surface area contributed by atoms with Crippen LogP contribution in [0.1, 0.15) is 37.5 Å². The van der Waals surface area contributed by atoms with Crippen LogP contribution in [0.2, 0.25) is 0 Å². The first-order valence-corrected chi connectivity index (χ1v) is 5.78. The number of hydrogen-bond acceptors (Lipinski definition) is 2. The van der Waals surface area contributed by atoms with Crippen LogP contribution in [0.5, 0.6) is 5.75 Å². The maximum Gasteiger partial charge on any atom is 0.122 e. The second-order valence-electron chi connectivity index (χ2n) is 5.27. The average Bonchev–Trinajstić information content (AvgIpc) is 2.19. The summed E-state index contributed by atoms with van der Waals surface area (Å²) in [5, 5.41) is 0. The van der Waals surface area contributed by atoms with E-state index in [9.17, 15) is 0 Å². The van der Waals surface area contributed by atoms with Gasteiger partial charge in [0.2, 0.25) is 0 Å². The van der Waals surface area contributed by atoms with Gasteiger partial charge >= 0.3 is 0 Å². The van der Waals surface area contributed by atoms with Gasteiger partial charge in [-0.25, -0.2) is 0 Å². The summed E-state index contributed by atoms with van der Waals surface area (Å²) in [5.41, 5.74) is 9.56. The Labute approximate surface area is 98.8 Å². The molecule has 0 radical (unpaired) electrons. The zero-order valence-corrected chi connectivity index (χ0v) is 11.1. The van der Waals surface area contributed by atoms with E-state index in [1.807, 2.05) is 0 Å². The number of benzene rings is 1. The van der Waals surface area contributed by atoms with E-state index in [0.717, 1.165) is 12.2 Å². The fraction of sp³-hybridized carbons (Fsp3) is 0.571. The van der Waals surface area contributed by atoms with Gasteiger partial charge < -0.3 is 10.5 Å². The maximum absolute atomic E-state index is 5.60. The van der Waals surface area contributed by atoms with Crippen molar-refractivity contribution in [2.75, 3.05) is 13.7 Å². The van der Waals surface area contributed by atoms with Gasteiger partial charge in [0.05, 0.1) is 7.11 Å². The fourth-order valence-electron chi connectivity index (χ4n) is 1.91. The van der Waals surface area contributed by atoms with Crippen molar-refractivity contribution in [2.24, 2.45) is 5.73 Å². The first kappa shape index (κ1) is 13.0. The van der Waals surface area contributed by atoms with Crippen molar-refractivity contribution >= 4 is 0 Å². The summed E-state index contributed by atoms with van der Waals surface area (Å²) in [5.74, 6) is 0.974. The van der Waals surface area contributed by atoms with E-state index < -0.39 is 0 Å². The number of methoxy groups -OCH3 is 1. The Hall–Kier alpha value is -1.02. The monoisotopic (exact) mass is 221 g/mol. The minimum absolute atomic E-state index is 0.108. The molecule has 0 saturated heterocycles. The number of nitrogens with two attached hydrogens (primary N) is 1. The van der Waals surface area contributed by atoms with E-state index in [4.69, 9.17) is 10.5 Å². The first-order chi connectivity index (χ1) is 7.40. The molecule has 1 rings (SSSR count). The Morgan fingerprint density at radius 2 is 1.88 bits per heavy atom. The highest BCUT2D eigenvalue weighted by molar-refractivity contribution is 5.45. The van der Waals surface area contributed by atoms with Crippen LogP contribution >= 0.6 is 0 Å². The van der Waals surface area contributed by atoms with Crippen LogP contribution < -0.4 is 10.5 Å². The smallest absolute Gasteiger partial charge is 0.122 e. The van der Waals surface area contributed by atoms with E-state index in [1.165, 1.54) is 16.7 Å². The number of hydrogen-bond donors (Lipinski definition) is 1. The van der Waals surface area contributed by atoms with Gasteiger partial charge in [-0.1, -0.05) is 26.8 Å². The topological polar surface area (TPSA) is 35.2 Å². The molecule has 0 aliphatic carbocycles. The highest BCUT2D eigenvalue weighted by atomic mass is 16.5. The van der Waals surface area contributed by atoms with Gasteiger partial charge in [0, 0.05) is 0 Å². The van der Waals surface area contributed by atoms with Crippen molar-refractivity contribution in [1.82, 2.24) is 0 Å². The molecular weight excluding hydrogens is 198 g/mol. The molecule has 0 bridgehead atoms. The number of rotatable bonds is 3. The summed E-state index contributed by atoms with van der Waals surface area (Å²) in [4.78, 5) is 0. The van der Waals surface area contributed by atoms with E-state index in [1.54, 1.807) is 7.11 Å². The SMILES string of the molecule is COc1cc(CCN)c(C)cc1C(C)(C)C. The summed E-state index contributed by atoms with van der Waals surface area (Å²) < 4.78 is 5.47. The van der Waals surface area contributed by atoms with Gasteiger partial charge in [0.1, 0.15) is 5.75 Å². The molecule has 90 valence electrons. The van der Waals surface area contributed by atoms with Crippen molar-refractivity contribution in [2.45, 2.75) is 39.5 Å². The van der Waals surface area contributed by atoms with E-state index in [-0.39, 0.29) is 5.41 Å². The van der Waals surface area contributed by atoms with Crippen molar-refractivity contribution in [3.05, 3.63) is 28.8 Å². The summed E-state index contributed by atoms with van der Waals surface area (Å²) in [6, 6.07) is 4.35. The summed E-state index contributed by atoms with van der Waals surface area (Å²) in [7, 11) is 1.73. The van der Waals surface area contributed by atoms with Gasteiger partial charge in [0.25, 0.3) is 0 Å². The zero-order chi connectivity index (χ0) is 12.3. The standard InChI is InChI=1S/C14H23NO/c1-10-8-12(14(2,3)4)13(16-5)9-11(10)6-7-15/h8-9H,6-7,15H2,1-5H3. The average molecular weight is 221 g/mol. The molecule has 16 heavy (non-hydrogen) atoms. The van der Waals surface area contributed by atoms with Crippen LogP contribution in [-0.2, 0) is 11.8 Å². The van der Waals surface area contributed by atoms with Crippen molar-refractivity contribution in [3.8, 4) is 5.75 Å². The van der Waals surface area contributed by atoms with Gasteiger partial charge in [-0.3, -0.25) is 0 Å². The largest absolute Gasteiger partial charge is 0.496 e. The highest BCUT2D eigenvalue weighted by Crippen LogP contribution is 2.33. The number of ether oxygens (including phenoxy) is 1. The summed E-state index contributed by atoms with van der Waals surface area (Å²) >= 11 is 0. The third-order valence-electron chi connectivity index (χ3n) is 2.88. The Morgan fingerprint density at radius 3 is 2.31 bits per heavy atom. The minimum atomic E-state index is 0.108. The summed E-state index contributed by atoms with van der Waals surface area (Å²) in [6.07, 6.45) is 0.909. The molecule has 1 aromatic rings. The van der Waals surface area contributed by atoms with E-state index in [0.29, 0.717) is 6.54 Å². The Bertz CT molecular complexity index is 364. The molecule has 0 heterocycles. The van der Waals surface area contributed by atoms with Gasteiger partial charge in [0.15, 0.2) is 0 Å². The maximum atomic E-state index is 5.60. The van der Waals surface area contributed by atoms with Crippen LogP contribution in [0.25, 0.3) is 0 Å². The first-order valence-electron chi connectivity index (χ1n) is 5.78. The molecule has 2 heteroatoms. The second-order valence-corrected chi connectivity index (χ2v) is 5.27. The van der Waals surface area contributed by atoms with E-state index in [2.05, 4.69) is 39.8 Å². The summed E-state index contributed by atoms with van der Waals surface area (Å²) in [6.45, 7) is 9.42. The van der Waals surface area contributed by atoms with Gasteiger partial charge in [-0.05, 0) is 48.1 Å². The molecule has 0 unspecified atom stereocenters. The lowest BCUT2D eigenvalue weighted by atomic mass is 9.84. The molecule has 0 atom stereocenters. The van der Waals surface area contributed by atoms with Crippen LogP contribution in [0.3, 0.4) is 0 Å². The Morgan fingerprint density at radius 1 is 1.25 bits per heavy atom. The lowest BCUT2D eigenvalue weighted by Crippen LogP contribution is -2.14. The fourth-order valence-corrected chi connectivity index (χ4v) is 1.91. The number of aryl methyl sites for hydroxylation is 1. The lowest BCUT2D eigenvalue weighted by molar-refractivity contribution is 0.397. The van der Waals surface area contributed by atoms with Crippen LogP contribution in [0.4, 0.5) is 0 Å². The molecule has 0 saturated carbocycles. The molecule has 0 aliphatic rings. The molecule has 2 nitrogen and oxygen atoms in total. The van der Waals surface area contributed by atoms with Crippen molar-refractivity contribution in [3.63, 3.8) is 0 Å². The second kappa shape index (κ2) is 4.88. The van der Waals surface area contributed by atoms with Crippen molar-refractivity contribution in [1.29, 1.82) is 0 Å². The molecule has 0 spiro atoms.